The van der Waals surface area contributed by atoms with Gasteiger partial charge in [0.05, 0.1) is 20.3 Å². The van der Waals surface area contributed by atoms with E-state index >= 15 is 0 Å². The van der Waals surface area contributed by atoms with Gasteiger partial charge in [0, 0.05) is 0 Å². The maximum atomic E-state index is 12.3. The molecule has 0 atom stereocenters. The van der Waals surface area contributed by atoms with Crippen molar-refractivity contribution in [3.05, 3.63) is 36.4 Å². The molecule has 0 saturated heterocycles. The van der Waals surface area contributed by atoms with Crippen LogP contribution in [0.5, 0.6) is 11.5 Å². The summed E-state index contributed by atoms with van der Waals surface area (Å²) in [6.07, 6.45) is 0. The van der Waals surface area contributed by atoms with Crippen molar-refractivity contribution in [1.29, 1.82) is 0 Å². The Morgan fingerprint density at radius 2 is 1.46 bits per heavy atom. The maximum Gasteiger partial charge on any atom is 0.327 e. The Bertz CT molecular complexity index is 558. The van der Waals surface area contributed by atoms with E-state index in [4.69, 9.17) is 18.9 Å². The highest BCUT2D eigenvalue weighted by Crippen LogP contribution is 2.30. The molecular formula is C18H24O6. The van der Waals surface area contributed by atoms with Crippen molar-refractivity contribution in [2.24, 2.45) is 5.41 Å². The largest absolute Gasteiger partial charge is 0.497 e. The second-order valence-corrected chi connectivity index (χ2v) is 5.13. The molecule has 1 aromatic rings. The van der Waals surface area contributed by atoms with E-state index in [2.05, 4.69) is 6.58 Å². The average molecular weight is 336 g/mol. The van der Waals surface area contributed by atoms with Crippen molar-refractivity contribution in [3.63, 3.8) is 0 Å². The molecule has 0 aliphatic carbocycles. The van der Waals surface area contributed by atoms with Gasteiger partial charge >= 0.3 is 11.9 Å². The van der Waals surface area contributed by atoms with E-state index in [-0.39, 0.29) is 25.4 Å². The van der Waals surface area contributed by atoms with Gasteiger partial charge in [0.15, 0.2) is 5.41 Å². The van der Waals surface area contributed by atoms with Crippen molar-refractivity contribution in [2.75, 3.05) is 26.9 Å². The van der Waals surface area contributed by atoms with E-state index in [9.17, 15) is 9.59 Å². The summed E-state index contributed by atoms with van der Waals surface area (Å²) in [7, 11) is 1.57. The summed E-state index contributed by atoms with van der Waals surface area (Å²) < 4.78 is 20.7. The van der Waals surface area contributed by atoms with Gasteiger partial charge in [-0.05, 0) is 50.6 Å². The topological polar surface area (TPSA) is 71.1 Å². The third kappa shape index (κ3) is 4.50. The lowest BCUT2D eigenvalue weighted by molar-refractivity contribution is -0.167. The van der Waals surface area contributed by atoms with Crippen LogP contribution in [0.2, 0.25) is 0 Å². The number of ether oxygens (including phenoxy) is 4. The molecule has 0 bridgehead atoms. The lowest BCUT2D eigenvalue weighted by Crippen LogP contribution is -2.42. The number of hydrogen-bond donors (Lipinski definition) is 0. The van der Waals surface area contributed by atoms with Crippen LogP contribution in [0.1, 0.15) is 20.8 Å². The molecule has 1 rings (SSSR count). The smallest absolute Gasteiger partial charge is 0.327 e. The monoisotopic (exact) mass is 336 g/mol. The van der Waals surface area contributed by atoms with Crippen LogP contribution in [0.4, 0.5) is 0 Å². The second kappa shape index (κ2) is 8.96. The van der Waals surface area contributed by atoms with Crippen LogP contribution in [0, 0.1) is 5.41 Å². The highest BCUT2D eigenvalue weighted by molar-refractivity contribution is 6.03. The summed E-state index contributed by atoms with van der Waals surface area (Å²) >= 11 is 0. The Morgan fingerprint density at radius 3 is 1.88 bits per heavy atom. The van der Waals surface area contributed by atoms with Crippen LogP contribution in [0.15, 0.2) is 36.4 Å². The molecule has 0 aliphatic rings. The Hall–Kier alpha value is -2.50. The zero-order valence-corrected chi connectivity index (χ0v) is 14.6. The summed E-state index contributed by atoms with van der Waals surface area (Å²) in [6.45, 7) is 8.88. The number of carbonyl (C=O) groups excluding carboxylic acids is 2. The van der Waals surface area contributed by atoms with Crippen LogP contribution in [0.3, 0.4) is 0 Å². The van der Waals surface area contributed by atoms with E-state index in [1.165, 1.54) is 6.92 Å². The molecule has 0 heterocycles. The molecule has 1 aromatic carbocycles. The third-order valence-corrected chi connectivity index (χ3v) is 3.55. The highest BCUT2D eigenvalue weighted by atomic mass is 16.6. The number of hydrogen-bond acceptors (Lipinski definition) is 6. The number of esters is 2. The number of rotatable bonds is 9. The fourth-order valence-electron chi connectivity index (χ4n) is 1.91. The van der Waals surface area contributed by atoms with Gasteiger partial charge in [0.2, 0.25) is 0 Å². The summed E-state index contributed by atoms with van der Waals surface area (Å²) in [5, 5.41) is 0. The van der Waals surface area contributed by atoms with Gasteiger partial charge in [-0.3, -0.25) is 9.59 Å². The molecule has 132 valence electrons. The molecule has 0 unspecified atom stereocenters. The molecule has 0 aromatic heterocycles. The van der Waals surface area contributed by atoms with Crippen molar-refractivity contribution < 1.29 is 28.5 Å². The van der Waals surface area contributed by atoms with Gasteiger partial charge in [0.25, 0.3) is 0 Å². The number of benzene rings is 1. The summed E-state index contributed by atoms with van der Waals surface area (Å²) in [6, 6.07) is 6.93. The minimum Gasteiger partial charge on any atom is -0.497 e. The fraction of sp³-hybridized carbons (Fsp3) is 0.444. The van der Waals surface area contributed by atoms with Crippen LogP contribution in [0.25, 0.3) is 0 Å². The van der Waals surface area contributed by atoms with Crippen molar-refractivity contribution in [3.8, 4) is 11.5 Å². The van der Waals surface area contributed by atoms with Gasteiger partial charge in [-0.25, -0.2) is 0 Å². The first-order valence-electron chi connectivity index (χ1n) is 7.69. The highest BCUT2D eigenvalue weighted by Gasteiger charge is 2.47. The minimum absolute atomic E-state index is 0.0273. The molecule has 24 heavy (non-hydrogen) atoms. The Balaban J connectivity index is 2.86. The van der Waals surface area contributed by atoms with Gasteiger partial charge in [-0.2, -0.15) is 0 Å². The van der Waals surface area contributed by atoms with E-state index in [1.807, 2.05) is 0 Å². The first-order valence-corrected chi connectivity index (χ1v) is 7.69. The molecule has 0 radical (unpaired) electrons. The second-order valence-electron chi connectivity index (χ2n) is 5.13. The van der Waals surface area contributed by atoms with Crippen LogP contribution >= 0.6 is 0 Å². The first-order chi connectivity index (χ1) is 11.4. The minimum atomic E-state index is -1.61. The Kier molecular flexibility index (Phi) is 7.30. The van der Waals surface area contributed by atoms with Crippen molar-refractivity contribution in [2.45, 2.75) is 20.8 Å². The standard InChI is InChI=1S/C18H24O6/c1-6-22-16(19)18(4,17(20)23-7-2)13(3)12-24-15-10-8-14(21-5)9-11-15/h8-11H,3,6-7,12H2,1-2,4-5H3. The van der Waals surface area contributed by atoms with Crippen LogP contribution in [-0.4, -0.2) is 38.9 Å². The molecule has 0 N–H and O–H groups in total. The lowest BCUT2D eigenvalue weighted by Gasteiger charge is -2.27. The van der Waals surface area contributed by atoms with Gasteiger partial charge in [-0.1, -0.05) is 6.58 Å². The van der Waals surface area contributed by atoms with E-state index in [0.717, 1.165) is 0 Å². The van der Waals surface area contributed by atoms with E-state index < -0.39 is 17.4 Å². The maximum absolute atomic E-state index is 12.3. The molecule has 6 heteroatoms. The quantitative estimate of drug-likeness (QED) is 0.392. The molecule has 0 fully saturated rings. The Morgan fingerprint density at radius 1 is 1.00 bits per heavy atom. The zero-order chi connectivity index (χ0) is 18.2. The van der Waals surface area contributed by atoms with Crippen molar-refractivity contribution >= 4 is 11.9 Å². The Labute approximate surface area is 142 Å². The fourth-order valence-corrected chi connectivity index (χ4v) is 1.91. The van der Waals surface area contributed by atoms with Gasteiger partial charge in [0.1, 0.15) is 18.1 Å². The summed E-state index contributed by atoms with van der Waals surface area (Å²) in [4.78, 5) is 24.5. The first kappa shape index (κ1) is 19.5. The summed E-state index contributed by atoms with van der Waals surface area (Å²) in [5.74, 6) is -0.144. The third-order valence-electron chi connectivity index (χ3n) is 3.55. The zero-order valence-electron chi connectivity index (χ0n) is 14.6. The number of carbonyl (C=O) groups is 2. The predicted octanol–water partition coefficient (Wildman–Crippen LogP) is 2.76. The SMILES string of the molecule is C=C(COc1ccc(OC)cc1)C(C)(C(=O)OCC)C(=O)OCC. The van der Waals surface area contributed by atoms with E-state index in [0.29, 0.717) is 11.5 Å². The molecule has 0 saturated carbocycles. The molecule has 0 spiro atoms. The van der Waals surface area contributed by atoms with Gasteiger partial charge < -0.3 is 18.9 Å². The average Bonchev–Trinajstić information content (AvgIpc) is 2.59. The van der Waals surface area contributed by atoms with Crippen LogP contribution in [-0.2, 0) is 19.1 Å². The normalized spacial score (nSPS) is 10.7. The molecule has 6 nitrogen and oxygen atoms in total. The molecule has 0 amide bonds. The van der Waals surface area contributed by atoms with Gasteiger partial charge in [-0.15, -0.1) is 0 Å². The lowest BCUT2D eigenvalue weighted by atomic mass is 9.83. The van der Waals surface area contributed by atoms with Crippen molar-refractivity contribution in [1.82, 2.24) is 0 Å². The van der Waals surface area contributed by atoms with E-state index in [1.54, 1.807) is 45.2 Å². The predicted molar refractivity (Wildman–Crippen MR) is 89.0 cm³/mol. The molecule has 0 aliphatic heterocycles. The number of methoxy groups -OCH3 is 1. The molecular weight excluding hydrogens is 312 g/mol. The summed E-state index contributed by atoms with van der Waals surface area (Å²) in [5.41, 5.74) is -1.35. The van der Waals surface area contributed by atoms with Crippen LogP contribution < -0.4 is 9.47 Å².